The third-order valence-corrected chi connectivity index (χ3v) is 4.21. The quantitative estimate of drug-likeness (QED) is 0.452. The number of likely N-dealkylation sites (N-methyl/N-ethyl adjacent to an activating group) is 1. The Balaban J connectivity index is 2.62. The molecule has 6 nitrogen and oxygen atoms in total. The van der Waals surface area contributed by atoms with Crippen molar-refractivity contribution >= 4 is 23.2 Å². The highest BCUT2D eigenvalue weighted by atomic mass is 32.1. The Morgan fingerprint density at radius 3 is 2.70 bits per heavy atom. The highest BCUT2D eigenvalue weighted by Crippen LogP contribution is 2.20. The fourth-order valence-electron chi connectivity index (χ4n) is 1.63. The van der Waals surface area contributed by atoms with Crippen LogP contribution in [0, 0.1) is 6.92 Å². The Morgan fingerprint density at radius 2 is 2.17 bits per heavy atom. The van der Waals surface area contributed by atoms with Gasteiger partial charge in [-0.3, -0.25) is 4.79 Å². The zero-order chi connectivity index (χ0) is 17.4. The molecule has 0 spiro atoms. The van der Waals surface area contributed by atoms with Gasteiger partial charge in [0.2, 0.25) is 5.91 Å². The first kappa shape index (κ1) is 19.2. The number of carbonyl (C=O) groups excluding carboxylic acids is 1. The van der Waals surface area contributed by atoms with Crippen molar-refractivity contribution in [3.63, 3.8) is 0 Å². The molecule has 2 N–H and O–H groups in total. The number of rotatable bonds is 7. The molecule has 0 saturated carbocycles. The summed E-state index contributed by atoms with van der Waals surface area (Å²) in [6.07, 6.45) is 1.89. The number of carbonyl (C=O) groups is 1. The molecule has 1 atom stereocenters. The monoisotopic (exact) mass is 337 g/mol. The van der Waals surface area contributed by atoms with E-state index in [2.05, 4.69) is 41.0 Å². The lowest BCUT2D eigenvalue weighted by Crippen LogP contribution is -2.40. The molecule has 1 heterocycles. The standard InChI is InChI=1S/C16H27N5OS/c1-11(2)7-18-16(20-10-14(22)21(5)6)19-8-12(3)15-17-9-13(4)23-15/h9,12H,1,7-8,10H2,2-6H3,(H2,18,19,20). The smallest absolute Gasteiger partial charge is 0.243 e. The van der Waals surface area contributed by atoms with Crippen LogP contribution >= 0.6 is 11.3 Å². The molecule has 0 aliphatic carbocycles. The predicted molar refractivity (Wildman–Crippen MR) is 97.1 cm³/mol. The van der Waals surface area contributed by atoms with Gasteiger partial charge in [-0.1, -0.05) is 19.1 Å². The predicted octanol–water partition coefficient (Wildman–Crippen LogP) is 1.75. The van der Waals surface area contributed by atoms with Crippen LogP contribution in [-0.4, -0.2) is 55.5 Å². The van der Waals surface area contributed by atoms with Crippen LogP contribution in [0.3, 0.4) is 0 Å². The fourth-order valence-corrected chi connectivity index (χ4v) is 2.46. The second kappa shape index (κ2) is 9.29. The number of aliphatic imine (C=N–C) groups is 1. The molecule has 0 aliphatic heterocycles. The van der Waals surface area contributed by atoms with E-state index in [0.29, 0.717) is 19.0 Å². The van der Waals surface area contributed by atoms with Gasteiger partial charge in [-0.15, -0.1) is 11.3 Å². The van der Waals surface area contributed by atoms with Crippen LogP contribution in [0.15, 0.2) is 23.3 Å². The van der Waals surface area contributed by atoms with Gasteiger partial charge in [-0.05, 0) is 13.8 Å². The van der Waals surface area contributed by atoms with E-state index in [1.807, 2.05) is 13.1 Å². The second-order valence-electron chi connectivity index (χ2n) is 5.85. The Hall–Kier alpha value is -1.89. The number of aromatic nitrogens is 1. The molecule has 1 unspecified atom stereocenters. The van der Waals surface area contributed by atoms with E-state index in [1.165, 1.54) is 9.78 Å². The minimum Gasteiger partial charge on any atom is -0.356 e. The van der Waals surface area contributed by atoms with Gasteiger partial charge in [0.05, 0.1) is 5.01 Å². The maximum Gasteiger partial charge on any atom is 0.243 e. The lowest BCUT2D eigenvalue weighted by atomic mass is 10.2. The van der Waals surface area contributed by atoms with Crippen LogP contribution in [0.2, 0.25) is 0 Å². The molecule has 0 aliphatic rings. The summed E-state index contributed by atoms with van der Waals surface area (Å²) in [7, 11) is 3.44. The van der Waals surface area contributed by atoms with E-state index in [4.69, 9.17) is 0 Å². The van der Waals surface area contributed by atoms with Crippen molar-refractivity contribution in [3.05, 3.63) is 28.2 Å². The van der Waals surface area contributed by atoms with Crippen molar-refractivity contribution in [1.29, 1.82) is 0 Å². The van der Waals surface area contributed by atoms with Crippen molar-refractivity contribution in [2.45, 2.75) is 26.7 Å². The summed E-state index contributed by atoms with van der Waals surface area (Å²) in [5.41, 5.74) is 1.00. The third-order valence-electron chi connectivity index (χ3n) is 3.07. The fraction of sp³-hybridized carbons (Fsp3) is 0.562. The summed E-state index contributed by atoms with van der Waals surface area (Å²) < 4.78 is 0. The van der Waals surface area contributed by atoms with E-state index in [1.54, 1.807) is 25.4 Å². The number of nitrogens with one attached hydrogen (secondary N) is 2. The molecule has 1 aromatic heterocycles. The number of hydrogen-bond donors (Lipinski definition) is 2. The van der Waals surface area contributed by atoms with Gasteiger partial charge in [0.25, 0.3) is 0 Å². The summed E-state index contributed by atoms with van der Waals surface area (Å²) in [6, 6.07) is 0. The Kier molecular flexibility index (Phi) is 7.74. The van der Waals surface area contributed by atoms with Crippen molar-refractivity contribution in [3.8, 4) is 0 Å². The number of guanidine groups is 1. The zero-order valence-electron chi connectivity index (χ0n) is 14.6. The summed E-state index contributed by atoms with van der Waals surface area (Å²) in [6.45, 7) is 11.4. The summed E-state index contributed by atoms with van der Waals surface area (Å²) >= 11 is 1.70. The molecule has 0 radical (unpaired) electrons. The van der Waals surface area contributed by atoms with Crippen LogP contribution in [0.1, 0.15) is 29.7 Å². The number of aryl methyl sites for hydroxylation is 1. The average Bonchev–Trinajstić information content (AvgIpc) is 2.92. The van der Waals surface area contributed by atoms with Crippen LogP contribution in [0.4, 0.5) is 0 Å². The van der Waals surface area contributed by atoms with Gasteiger partial charge in [-0.2, -0.15) is 0 Å². The average molecular weight is 337 g/mol. The molecule has 128 valence electrons. The van der Waals surface area contributed by atoms with Gasteiger partial charge >= 0.3 is 0 Å². The summed E-state index contributed by atoms with van der Waals surface area (Å²) in [5.74, 6) is 0.850. The van der Waals surface area contributed by atoms with Gasteiger partial charge < -0.3 is 15.5 Å². The van der Waals surface area contributed by atoms with E-state index in [9.17, 15) is 4.79 Å². The molecular formula is C16H27N5OS. The molecule has 23 heavy (non-hydrogen) atoms. The minimum absolute atomic E-state index is 0.0370. The largest absolute Gasteiger partial charge is 0.356 e. The van der Waals surface area contributed by atoms with Crippen LogP contribution in [0.25, 0.3) is 0 Å². The molecule has 0 fully saturated rings. The molecule has 0 saturated heterocycles. The maximum atomic E-state index is 11.7. The number of thiazole rings is 1. The lowest BCUT2D eigenvalue weighted by molar-refractivity contribution is -0.127. The van der Waals surface area contributed by atoms with Crippen molar-refractivity contribution in [2.24, 2.45) is 4.99 Å². The maximum absolute atomic E-state index is 11.7. The first-order valence-corrected chi connectivity index (χ1v) is 8.40. The van der Waals surface area contributed by atoms with Gasteiger partial charge in [0.15, 0.2) is 5.96 Å². The van der Waals surface area contributed by atoms with E-state index in [-0.39, 0.29) is 18.4 Å². The van der Waals surface area contributed by atoms with E-state index < -0.39 is 0 Å². The Bertz CT molecular complexity index is 565. The molecule has 7 heteroatoms. The molecule has 1 aromatic rings. The number of hydrogen-bond acceptors (Lipinski definition) is 4. The van der Waals surface area contributed by atoms with Crippen molar-refractivity contribution < 1.29 is 4.79 Å². The van der Waals surface area contributed by atoms with Crippen molar-refractivity contribution in [2.75, 3.05) is 33.7 Å². The van der Waals surface area contributed by atoms with Crippen LogP contribution in [-0.2, 0) is 4.79 Å². The molecule has 1 amide bonds. The normalized spacial score (nSPS) is 12.7. The lowest BCUT2D eigenvalue weighted by Gasteiger charge is -2.16. The van der Waals surface area contributed by atoms with Crippen molar-refractivity contribution in [1.82, 2.24) is 20.5 Å². The summed E-state index contributed by atoms with van der Waals surface area (Å²) in [4.78, 5) is 23.2. The third kappa shape index (κ3) is 7.27. The molecular weight excluding hydrogens is 310 g/mol. The molecule has 1 rings (SSSR count). The Morgan fingerprint density at radius 1 is 1.48 bits per heavy atom. The van der Waals surface area contributed by atoms with Crippen LogP contribution < -0.4 is 10.6 Å². The summed E-state index contributed by atoms with van der Waals surface area (Å²) in [5, 5.41) is 7.54. The zero-order valence-corrected chi connectivity index (χ0v) is 15.5. The highest BCUT2D eigenvalue weighted by molar-refractivity contribution is 7.11. The topological polar surface area (TPSA) is 69.6 Å². The minimum atomic E-state index is -0.0370. The Labute approximate surface area is 142 Å². The van der Waals surface area contributed by atoms with E-state index >= 15 is 0 Å². The first-order valence-electron chi connectivity index (χ1n) is 7.58. The first-order chi connectivity index (χ1) is 10.8. The van der Waals surface area contributed by atoms with Gasteiger partial charge in [0, 0.05) is 44.2 Å². The van der Waals surface area contributed by atoms with E-state index in [0.717, 1.165) is 10.6 Å². The van der Waals surface area contributed by atoms with Gasteiger partial charge in [-0.25, -0.2) is 9.98 Å². The number of nitrogens with zero attached hydrogens (tertiary/aromatic N) is 3. The highest BCUT2D eigenvalue weighted by Gasteiger charge is 2.11. The number of amides is 1. The molecule has 0 bridgehead atoms. The SMILES string of the molecule is C=C(C)CNC(=NCC(=O)N(C)C)NCC(C)c1ncc(C)s1. The van der Waals surface area contributed by atoms with Gasteiger partial charge in [0.1, 0.15) is 6.54 Å². The molecule has 0 aromatic carbocycles. The van der Waals surface area contributed by atoms with Crippen LogP contribution in [0.5, 0.6) is 0 Å². The second-order valence-corrected chi connectivity index (χ2v) is 7.12.